The molecule has 7 heteroatoms. The molecule has 4 rings (SSSR count). The molecule has 7 nitrogen and oxygen atoms in total. The Morgan fingerprint density at radius 1 is 1.00 bits per heavy atom. The average Bonchev–Trinajstić information content (AvgIpc) is 2.74. The number of carbonyl (C=O) groups is 1. The van der Waals surface area contributed by atoms with Gasteiger partial charge >= 0.3 is 5.69 Å². The molecule has 0 spiro atoms. The van der Waals surface area contributed by atoms with E-state index in [1.165, 1.54) is 32.4 Å². The summed E-state index contributed by atoms with van der Waals surface area (Å²) >= 11 is 0. The van der Waals surface area contributed by atoms with Gasteiger partial charge in [0, 0.05) is 32.1 Å². The van der Waals surface area contributed by atoms with Crippen molar-refractivity contribution in [3.8, 4) is 0 Å². The van der Waals surface area contributed by atoms with Crippen molar-refractivity contribution < 1.29 is 4.79 Å². The number of amides is 1. The van der Waals surface area contributed by atoms with E-state index >= 15 is 0 Å². The lowest BCUT2D eigenvalue weighted by atomic mass is 10.00. The summed E-state index contributed by atoms with van der Waals surface area (Å²) in [6, 6.07) is 7.54. The van der Waals surface area contributed by atoms with Gasteiger partial charge in [0.1, 0.15) is 0 Å². The third-order valence-electron chi connectivity index (χ3n) is 6.16. The molecule has 2 aliphatic rings. The molecule has 3 heterocycles. The Balaban J connectivity index is 1.36. The summed E-state index contributed by atoms with van der Waals surface area (Å²) in [6.45, 7) is 4.02. The minimum atomic E-state index is -0.458. The van der Waals surface area contributed by atoms with Crippen LogP contribution >= 0.6 is 0 Å². The van der Waals surface area contributed by atoms with Gasteiger partial charge in [-0.2, -0.15) is 0 Å². The van der Waals surface area contributed by atoms with Gasteiger partial charge < -0.3 is 14.8 Å². The lowest BCUT2D eigenvalue weighted by molar-refractivity contribution is -0.133. The molecule has 150 valence electrons. The molecule has 1 aromatic carbocycles. The summed E-state index contributed by atoms with van der Waals surface area (Å²) in [5, 5.41) is 0.469. The molecule has 2 aromatic rings. The fourth-order valence-electron chi connectivity index (χ4n) is 4.53. The smallest absolute Gasteiger partial charge is 0.328 e. The van der Waals surface area contributed by atoms with Crippen LogP contribution in [0.5, 0.6) is 0 Å². The lowest BCUT2D eigenvalue weighted by Crippen LogP contribution is -2.48. The second-order valence-corrected chi connectivity index (χ2v) is 7.89. The summed E-state index contributed by atoms with van der Waals surface area (Å²) in [6.07, 6.45) is 6.11. The second-order valence-electron chi connectivity index (χ2n) is 7.89. The fourth-order valence-corrected chi connectivity index (χ4v) is 4.53. The zero-order chi connectivity index (χ0) is 19.5. The molecule has 2 aliphatic heterocycles. The highest BCUT2D eigenvalue weighted by atomic mass is 16.2. The average molecular weight is 384 g/mol. The largest absolute Gasteiger partial charge is 0.343 e. The quantitative estimate of drug-likeness (QED) is 0.868. The maximum Gasteiger partial charge on any atom is 0.328 e. The van der Waals surface area contributed by atoms with E-state index < -0.39 is 5.69 Å². The van der Waals surface area contributed by atoms with Crippen molar-refractivity contribution in [2.75, 3.05) is 26.2 Å². The number of H-pyrrole nitrogens is 1. The first-order valence-corrected chi connectivity index (χ1v) is 10.4. The van der Waals surface area contributed by atoms with Crippen LogP contribution in [-0.4, -0.2) is 57.5 Å². The van der Waals surface area contributed by atoms with Gasteiger partial charge in [-0.1, -0.05) is 18.6 Å². The molecule has 0 radical (unpaired) electrons. The molecule has 0 saturated carbocycles. The minimum absolute atomic E-state index is 0.0246. The number of rotatable bonds is 4. The lowest BCUT2D eigenvalue weighted by Gasteiger charge is -2.40. The number of hydrogen-bond donors (Lipinski definition) is 1. The van der Waals surface area contributed by atoms with Crippen LogP contribution in [-0.2, 0) is 11.3 Å². The first-order valence-electron chi connectivity index (χ1n) is 10.4. The summed E-state index contributed by atoms with van der Waals surface area (Å²) in [5.41, 5.74) is -0.267. The maximum absolute atomic E-state index is 12.6. The number of benzene rings is 1. The highest BCUT2D eigenvalue weighted by Gasteiger charge is 2.27. The zero-order valence-electron chi connectivity index (χ0n) is 16.2. The number of piperidine rings is 2. The van der Waals surface area contributed by atoms with E-state index in [1.807, 2.05) is 4.90 Å². The van der Waals surface area contributed by atoms with Crippen LogP contribution in [0.3, 0.4) is 0 Å². The van der Waals surface area contributed by atoms with E-state index in [4.69, 9.17) is 0 Å². The topological polar surface area (TPSA) is 78.4 Å². The van der Waals surface area contributed by atoms with Crippen molar-refractivity contribution in [3.05, 3.63) is 45.1 Å². The Morgan fingerprint density at radius 2 is 1.71 bits per heavy atom. The maximum atomic E-state index is 12.6. The summed E-state index contributed by atoms with van der Waals surface area (Å²) in [7, 11) is 0. The van der Waals surface area contributed by atoms with Crippen molar-refractivity contribution in [1.82, 2.24) is 19.4 Å². The number of carbonyl (C=O) groups excluding carboxylic acids is 1. The molecule has 0 atom stereocenters. The highest BCUT2D eigenvalue weighted by molar-refractivity contribution is 5.77. The second kappa shape index (κ2) is 8.31. The van der Waals surface area contributed by atoms with E-state index in [2.05, 4.69) is 9.88 Å². The number of aromatic amines is 1. The third kappa shape index (κ3) is 3.90. The van der Waals surface area contributed by atoms with Gasteiger partial charge in [0.25, 0.3) is 5.56 Å². The molecule has 0 bridgehead atoms. The summed E-state index contributed by atoms with van der Waals surface area (Å²) in [5.74, 6) is 0.0246. The molecule has 2 fully saturated rings. The van der Waals surface area contributed by atoms with Crippen LogP contribution in [0.2, 0.25) is 0 Å². The Kier molecular flexibility index (Phi) is 5.62. The van der Waals surface area contributed by atoms with Crippen LogP contribution < -0.4 is 11.2 Å². The first-order chi connectivity index (χ1) is 13.6. The summed E-state index contributed by atoms with van der Waals surface area (Å²) in [4.78, 5) is 44.6. The van der Waals surface area contributed by atoms with E-state index in [0.717, 1.165) is 30.5 Å². The van der Waals surface area contributed by atoms with E-state index in [-0.39, 0.29) is 24.4 Å². The van der Waals surface area contributed by atoms with E-state index in [9.17, 15) is 14.4 Å². The molecule has 1 N–H and O–H groups in total. The molecular formula is C21H28N4O3. The number of aromatic nitrogens is 2. The Hall–Kier alpha value is -2.41. The van der Waals surface area contributed by atoms with Crippen LogP contribution in [0.15, 0.2) is 33.9 Å². The highest BCUT2D eigenvalue weighted by Crippen LogP contribution is 2.21. The van der Waals surface area contributed by atoms with E-state index in [0.29, 0.717) is 16.9 Å². The number of fused-ring (bicyclic) bond motifs is 1. The van der Waals surface area contributed by atoms with E-state index in [1.54, 1.807) is 24.3 Å². The third-order valence-corrected chi connectivity index (χ3v) is 6.16. The Labute approximate surface area is 163 Å². The molecule has 0 unspecified atom stereocenters. The van der Waals surface area contributed by atoms with Gasteiger partial charge in [-0.15, -0.1) is 0 Å². The van der Waals surface area contributed by atoms with Crippen LogP contribution in [0.25, 0.3) is 10.9 Å². The van der Waals surface area contributed by atoms with Crippen molar-refractivity contribution in [2.24, 2.45) is 0 Å². The normalized spacial score (nSPS) is 19.2. The standard InChI is InChI=1S/C21H28N4O3/c26-19(24-13-8-16(9-14-24)23-11-4-1-5-12-23)10-15-25-20(27)17-6-2-3-7-18(17)22-21(25)28/h2-3,6-7,16H,1,4-5,8-15H2,(H,22,28). The molecule has 1 aromatic heterocycles. The Morgan fingerprint density at radius 3 is 2.46 bits per heavy atom. The molecule has 0 aliphatic carbocycles. The monoisotopic (exact) mass is 384 g/mol. The predicted molar refractivity (Wildman–Crippen MR) is 108 cm³/mol. The van der Waals surface area contributed by atoms with Crippen LogP contribution in [0.1, 0.15) is 38.5 Å². The minimum Gasteiger partial charge on any atom is -0.343 e. The molecule has 28 heavy (non-hydrogen) atoms. The van der Waals surface area contributed by atoms with Crippen LogP contribution in [0, 0.1) is 0 Å². The molecule has 2 saturated heterocycles. The van der Waals surface area contributed by atoms with Crippen molar-refractivity contribution in [1.29, 1.82) is 0 Å². The van der Waals surface area contributed by atoms with Gasteiger partial charge in [-0.05, 0) is 50.9 Å². The Bertz CT molecular complexity index is 950. The molecular weight excluding hydrogens is 356 g/mol. The number of nitrogens with one attached hydrogen (secondary N) is 1. The molecule has 1 amide bonds. The SMILES string of the molecule is O=C(CCn1c(=O)[nH]c2ccccc2c1=O)N1CCC(N2CCCCC2)CC1. The first kappa shape index (κ1) is 18.9. The van der Waals surface area contributed by atoms with Gasteiger partial charge in [0.2, 0.25) is 5.91 Å². The number of nitrogens with zero attached hydrogens (tertiary/aromatic N) is 3. The zero-order valence-corrected chi connectivity index (χ0v) is 16.2. The van der Waals surface area contributed by atoms with Gasteiger partial charge in [-0.25, -0.2) is 4.79 Å². The number of hydrogen-bond acceptors (Lipinski definition) is 4. The summed E-state index contributed by atoms with van der Waals surface area (Å²) < 4.78 is 1.14. The van der Waals surface area contributed by atoms with Gasteiger partial charge in [0.05, 0.1) is 10.9 Å². The van der Waals surface area contributed by atoms with Crippen LogP contribution in [0.4, 0.5) is 0 Å². The van der Waals surface area contributed by atoms with Crippen molar-refractivity contribution in [2.45, 2.75) is 51.1 Å². The van der Waals surface area contributed by atoms with Crippen molar-refractivity contribution >= 4 is 16.8 Å². The van der Waals surface area contributed by atoms with Gasteiger partial charge in [0.15, 0.2) is 0 Å². The van der Waals surface area contributed by atoms with Gasteiger partial charge in [-0.3, -0.25) is 14.2 Å². The number of para-hydroxylation sites is 1. The van der Waals surface area contributed by atoms with Crippen molar-refractivity contribution in [3.63, 3.8) is 0 Å². The predicted octanol–water partition coefficient (Wildman–Crippen LogP) is 1.56. The fraction of sp³-hybridized carbons (Fsp3) is 0.571. The number of likely N-dealkylation sites (tertiary alicyclic amines) is 2.